The van der Waals surface area contributed by atoms with Crippen LogP contribution in [0, 0.1) is 11.8 Å². The molecule has 1 saturated heterocycles. The van der Waals surface area contributed by atoms with E-state index in [2.05, 4.69) is 12.2 Å². The maximum absolute atomic E-state index is 13.9. The minimum atomic E-state index is -0.777. The van der Waals surface area contributed by atoms with Crippen molar-refractivity contribution >= 4 is 11.8 Å². The Labute approximate surface area is 179 Å². The molecule has 7 nitrogen and oxygen atoms in total. The van der Waals surface area contributed by atoms with E-state index in [4.69, 9.17) is 14.2 Å². The number of carbonyl (C=O) groups is 2. The second kappa shape index (κ2) is 9.25. The highest BCUT2D eigenvalue weighted by Gasteiger charge is 2.54. The first kappa shape index (κ1) is 22.4. The quantitative estimate of drug-likeness (QED) is 0.768. The summed E-state index contributed by atoms with van der Waals surface area (Å²) in [5, 5.41) is 2.98. The number of benzene rings is 1. The number of methoxy groups -OCH3 is 2. The van der Waals surface area contributed by atoms with Crippen molar-refractivity contribution in [2.75, 3.05) is 27.4 Å². The van der Waals surface area contributed by atoms with Gasteiger partial charge in [0.1, 0.15) is 28.8 Å². The third kappa shape index (κ3) is 4.26. The number of hydrogen-bond donors (Lipinski definition) is 1. The molecule has 7 heteroatoms. The minimum absolute atomic E-state index is 0.180. The fraction of sp³-hybridized carbons (Fsp3) is 0.652. The van der Waals surface area contributed by atoms with Gasteiger partial charge in [-0.1, -0.05) is 33.3 Å². The Morgan fingerprint density at radius 2 is 1.93 bits per heavy atom. The summed E-state index contributed by atoms with van der Waals surface area (Å²) in [4.78, 5) is 28.7. The van der Waals surface area contributed by atoms with E-state index < -0.39 is 11.8 Å². The van der Waals surface area contributed by atoms with E-state index in [0.29, 0.717) is 48.3 Å². The summed E-state index contributed by atoms with van der Waals surface area (Å²) in [5.41, 5.74) is -0.451. The van der Waals surface area contributed by atoms with Crippen LogP contribution >= 0.6 is 0 Å². The molecule has 30 heavy (non-hydrogen) atoms. The maximum Gasteiger partial charge on any atom is 0.264 e. The Kier molecular flexibility index (Phi) is 6.91. The molecule has 0 bridgehead atoms. The lowest BCUT2D eigenvalue weighted by molar-refractivity contribution is -0.128. The van der Waals surface area contributed by atoms with Crippen molar-refractivity contribution in [2.45, 2.75) is 58.2 Å². The van der Waals surface area contributed by atoms with E-state index in [1.807, 2.05) is 13.8 Å². The summed E-state index contributed by atoms with van der Waals surface area (Å²) >= 11 is 0. The van der Waals surface area contributed by atoms with Gasteiger partial charge < -0.3 is 19.5 Å². The molecule has 3 atom stereocenters. The van der Waals surface area contributed by atoms with Gasteiger partial charge in [0.15, 0.2) is 0 Å². The van der Waals surface area contributed by atoms with Crippen LogP contribution in [0.15, 0.2) is 18.2 Å². The van der Waals surface area contributed by atoms with E-state index in [-0.39, 0.29) is 18.4 Å². The van der Waals surface area contributed by atoms with Gasteiger partial charge in [-0.05, 0) is 43.2 Å². The van der Waals surface area contributed by atoms with Gasteiger partial charge in [0.05, 0.1) is 20.8 Å². The van der Waals surface area contributed by atoms with Crippen LogP contribution in [0.1, 0.15) is 56.8 Å². The molecule has 1 spiro atoms. The van der Waals surface area contributed by atoms with Crippen molar-refractivity contribution < 1.29 is 23.8 Å². The van der Waals surface area contributed by atoms with Gasteiger partial charge in [0.25, 0.3) is 5.91 Å². The average Bonchev–Trinajstić information content (AvgIpc) is 3.08. The Balaban J connectivity index is 2.02. The Bertz CT molecular complexity index is 759. The molecule has 1 saturated carbocycles. The SMILES string of the molecule is COc1cccc(OC)c1C(=O)N1C(C(=O)NCC(C)C)COC12CCCC(C)C2. The van der Waals surface area contributed by atoms with Gasteiger partial charge in [-0.2, -0.15) is 0 Å². The molecule has 1 heterocycles. The van der Waals surface area contributed by atoms with Crippen LogP contribution in [0.2, 0.25) is 0 Å². The number of hydrogen-bond acceptors (Lipinski definition) is 5. The molecule has 1 N–H and O–H groups in total. The number of carbonyl (C=O) groups excluding carboxylic acids is 2. The molecule has 2 aliphatic rings. The van der Waals surface area contributed by atoms with Gasteiger partial charge in [0.2, 0.25) is 5.91 Å². The largest absolute Gasteiger partial charge is 0.496 e. The molecule has 2 fully saturated rings. The zero-order valence-corrected chi connectivity index (χ0v) is 18.7. The summed E-state index contributed by atoms with van der Waals surface area (Å²) in [6.07, 6.45) is 3.47. The molecular formula is C23H34N2O5. The second-order valence-corrected chi connectivity index (χ2v) is 8.83. The summed E-state index contributed by atoms with van der Waals surface area (Å²) in [7, 11) is 3.05. The molecule has 0 radical (unpaired) electrons. The number of rotatable bonds is 6. The van der Waals surface area contributed by atoms with Gasteiger partial charge in [-0.3, -0.25) is 14.5 Å². The van der Waals surface area contributed by atoms with Crippen LogP contribution in [0.4, 0.5) is 0 Å². The molecule has 1 aromatic rings. The first-order valence-corrected chi connectivity index (χ1v) is 10.8. The lowest BCUT2D eigenvalue weighted by atomic mass is 9.82. The average molecular weight is 419 g/mol. The maximum atomic E-state index is 13.9. The minimum Gasteiger partial charge on any atom is -0.496 e. The predicted molar refractivity (Wildman–Crippen MR) is 114 cm³/mol. The lowest BCUT2D eigenvalue weighted by Gasteiger charge is -2.43. The highest BCUT2D eigenvalue weighted by Crippen LogP contribution is 2.45. The second-order valence-electron chi connectivity index (χ2n) is 8.83. The van der Waals surface area contributed by atoms with Crippen LogP contribution in [0.5, 0.6) is 11.5 Å². The predicted octanol–water partition coefficient (Wildman–Crippen LogP) is 3.22. The summed E-state index contributed by atoms with van der Waals surface area (Å²) in [6.45, 7) is 7.00. The molecule has 1 aliphatic carbocycles. The highest BCUT2D eigenvalue weighted by atomic mass is 16.5. The number of ether oxygens (including phenoxy) is 3. The standard InChI is InChI=1S/C23H34N2O5/c1-15(2)13-24-21(26)17-14-30-23(11-7-8-16(3)12-23)25(17)22(27)20-18(28-4)9-6-10-19(20)29-5/h6,9-10,15-17H,7-8,11-14H2,1-5H3,(H,24,26). The smallest absolute Gasteiger partial charge is 0.264 e. The first-order chi connectivity index (χ1) is 14.3. The van der Waals surface area contributed by atoms with Gasteiger partial charge in [0, 0.05) is 6.54 Å². The van der Waals surface area contributed by atoms with Crippen molar-refractivity contribution in [1.82, 2.24) is 10.2 Å². The molecule has 0 aromatic heterocycles. The number of nitrogens with zero attached hydrogens (tertiary/aromatic N) is 1. The van der Waals surface area contributed by atoms with Crippen LogP contribution < -0.4 is 14.8 Å². The monoisotopic (exact) mass is 418 g/mol. The summed E-state index contributed by atoms with van der Waals surface area (Å²) in [5.74, 6) is 1.10. The van der Waals surface area contributed by atoms with Crippen molar-refractivity contribution in [3.63, 3.8) is 0 Å². The van der Waals surface area contributed by atoms with E-state index >= 15 is 0 Å². The van der Waals surface area contributed by atoms with E-state index in [9.17, 15) is 9.59 Å². The Morgan fingerprint density at radius 1 is 1.27 bits per heavy atom. The van der Waals surface area contributed by atoms with E-state index in [1.54, 1.807) is 23.1 Å². The summed E-state index contributed by atoms with van der Waals surface area (Å²) in [6, 6.07) is 4.56. The van der Waals surface area contributed by atoms with Crippen molar-refractivity contribution in [2.24, 2.45) is 11.8 Å². The molecular weight excluding hydrogens is 384 g/mol. The van der Waals surface area contributed by atoms with Crippen molar-refractivity contribution in [3.8, 4) is 11.5 Å². The van der Waals surface area contributed by atoms with Crippen LogP contribution in [0.3, 0.4) is 0 Å². The molecule has 166 valence electrons. The topological polar surface area (TPSA) is 77.1 Å². The first-order valence-electron chi connectivity index (χ1n) is 10.8. The fourth-order valence-corrected chi connectivity index (χ4v) is 4.61. The van der Waals surface area contributed by atoms with Crippen LogP contribution in [-0.4, -0.2) is 55.9 Å². The fourth-order valence-electron chi connectivity index (χ4n) is 4.61. The number of nitrogens with one attached hydrogen (secondary N) is 1. The zero-order chi connectivity index (χ0) is 21.9. The molecule has 1 aliphatic heterocycles. The van der Waals surface area contributed by atoms with Gasteiger partial charge in [-0.25, -0.2) is 0 Å². The van der Waals surface area contributed by atoms with Crippen molar-refractivity contribution in [3.05, 3.63) is 23.8 Å². The lowest BCUT2D eigenvalue weighted by Crippen LogP contribution is -2.57. The summed E-state index contributed by atoms with van der Waals surface area (Å²) < 4.78 is 17.2. The molecule has 1 aromatic carbocycles. The number of amides is 2. The van der Waals surface area contributed by atoms with Crippen molar-refractivity contribution in [1.29, 1.82) is 0 Å². The van der Waals surface area contributed by atoms with E-state index in [1.165, 1.54) is 14.2 Å². The van der Waals surface area contributed by atoms with E-state index in [0.717, 1.165) is 12.8 Å². The van der Waals surface area contributed by atoms with Crippen LogP contribution in [-0.2, 0) is 9.53 Å². The van der Waals surface area contributed by atoms with Crippen LogP contribution in [0.25, 0.3) is 0 Å². The molecule has 3 unspecified atom stereocenters. The Morgan fingerprint density at radius 3 is 2.50 bits per heavy atom. The normalized spacial score (nSPS) is 26.1. The Hall–Kier alpha value is -2.28. The third-order valence-corrected chi connectivity index (χ3v) is 6.04. The zero-order valence-electron chi connectivity index (χ0n) is 18.7. The molecule has 3 rings (SSSR count). The highest BCUT2D eigenvalue weighted by molar-refractivity contribution is 6.02. The van der Waals surface area contributed by atoms with Gasteiger partial charge in [-0.15, -0.1) is 0 Å². The third-order valence-electron chi connectivity index (χ3n) is 6.04. The molecule has 2 amide bonds. The van der Waals surface area contributed by atoms with Gasteiger partial charge >= 0.3 is 0 Å².